The Bertz CT molecular complexity index is 393. The molecule has 82 valence electrons. The van der Waals surface area contributed by atoms with Gasteiger partial charge in [0, 0.05) is 0 Å². The maximum atomic E-state index is 12.9. The predicted octanol–water partition coefficient (Wildman–Crippen LogP) is 3.28. The topological polar surface area (TPSA) is 26.3 Å². The van der Waals surface area contributed by atoms with Gasteiger partial charge in [0.2, 0.25) is 0 Å². The highest BCUT2D eigenvalue weighted by molar-refractivity contribution is 6.34. The SMILES string of the molecule is CC(=O)c1c(OC(F)F)ccc(F)c1Cl. The van der Waals surface area contributed by atoms with Crippen molar-refractivity contribution in [2.24, 2.45) is 0 Å². The Morgan fingerprint density at radius 3 is 2.53 bits per heavy atom. The largest absolute Gasteiger partial charge is 0.434 e. The summed E-state index contributed by atoms with van der Waals surface area (Å²) < 4.78 is 40.8. The number of halogens is 4. The van der Waals surface area contributed by atoms with Crippen molar-refractivity contribution >= 4 is 17.4 Å². The van der Waals surface area contributed by atoms with Crippen LogP contribution in [0.4, 0.5) is 13.2 Å². The van der Waals surface area contributed by atoms with Crippen LogP contribution in [0.2, 0.25) is 5.02 Å². The minimum atomic E-state index is -3.09. The molecule has 0 aliphatic carbocycles. The van der Waals surface area contributed by atoms with Gasteiger partial charge in [0.1, 0.15) is 11.6 Å². The van der Waals surface area contributed by atoms with Crippen LogP contribution in [0.3, 0.4) is 0 Å². The van der Waals surface area contributed by atoms with Crippen molar-refractivity contribution in [3.63, 3.8) is 0 Å². The Morgan fingerprint density at radius 2 is 2.07 bits per heavy atom. The normalized spacial score (nSPS) is 10.5. The molecule has 0 unspecified atom stereocenters. The summed E-state index contributed by atoms with van der Waals surface area (Å²) in [6.07, 6.45) is 0. The van der Waals surface area contributed by atoms with Gasteiger partial charge in [-0.25, -0.2) is 4.39 Å². The number of carbonyl (C=O) groups is 1. The lowest BCUT2D eigenvalue weighted by Crippen LogP contribution is -2.07. The number of alkyl halides is 2. The number of hydrogen-bond acceptors (Lipinski definition) is 2. The zero-order valence-electron chi connectivity index (χ0n) is 7.56. The highest BCUT2D eigenvalue weighted by Gasteiger charge is 2.19. The molecule has 1 aromatic rings. The van der Waals surface area contributed by atoms with E-state index in [-0.39, 0.29) is 5.56 Å². The molecule has 0 aliphatic rings. The van der Waals surface area contributed by atoms with Gasteiger partial charge in [-0.2, -0.15) is 8.78 Å². The average Bonchev–Trinajstić information content (AvgIpc) is 2.10. The lowest BCUT2D eigenvalue weighted by molar-refractivity contribution is -0.0501. The van der Waals surface area contributed by atoms with E-state index in [1.807, 2.05) is 0 Å². The number of hydrogen-bond donors (Lipinski definition) is 0. The molecule has 0 heterocycles. The highest BCUT2D eigenvalue weighted by Crippen LogP contribution is 2.30. The highest BCUT2D eigenvalue weighted by atomic mass is 35.5. The lowest BCUT2D eigenvalue weighted by atomic mass is 10.1. The van der Waals surface area contributed by atoms with Gasteiger partial charge in [-0.15, -0.1) is 0 Å². The number of benzene rings is 1. The first-order valence-electron chi connectivity index (χ1n) is 3.87. The van der Waals surface area contributed by atoms with Crippen molar-refractivity contribution < 1.29 is 22.7 Å². The fourth-order valence-corrected chi connectivity index (χ4v) is 1.34. The number of Topliss-reactive ketones (excluding diaryl/α,β-unsaturated/α-hetero) is 1. The van der Waals surface area contributed by atoms with E-state index in [0.29, 0.717) is 0 Å². The summed E-state index contributed by atoms with van der Waals surface area (Å²) in [5, 5.41) is -0.513. The van der Waals surface area contributed by atoms with Gasteiger partial charge < -0.3 is 4.74 Å². The van der Waals surface area contributed by atoms with E-state index in [9.17, 15) is 18.0 Å². The summed E-state index contributed by atoms with van der Waals surface area (Å²) in [5.41, 5.74) is -0.378. The number of carbonyl (C=O) groups excluding carboxylic acids is 1. The second kappa shape index (κ2) is 4.53. The van der Waals surface area contributed by atoms with Crippen molar-refractivity contribution in [2.45, 2.75) is 13.5 Å². The maximum Gasteiger partial charge on any atom is 0.387 e. The molecule has 0 aliphatic heterocycles. The number of ether oxygens (including phenoxy) is 1. The molecule has 1 rings (SSSR count). The van der Waals surface area contributed by atoms with Crippen LogP contribution in [0.25, 0.3) is 0 Å². The third-order valence-electron chi connectivity index (χ3n) is 1.62. The summed E-state index contributed by atoms with van der Waals surface area (Å²) >= 11 is 5.46. The van der Waals surface area contributed by atoms with Crippen LogP contribution < -0.4 is 4.74 Å². The minimum Gasteiger partial charge on any atom is -0.434 e. The minimum absolute atomic E-state index is 0.378. The van der Waals surface area contributed by atoms with E-state index in [2.05, 4.69) is 4.74 Å². The number of rotatable bonds is 3. The smallest absolute Gasteiger partial charge is 0.387 e. The Kier molecular flexibility index (Phi) is 3.57. The monoisotopic (exact) mass is 238 g/mol. The fraction of sp³-hybridized carbons (Fsp3) is 0.222. The Morgan fingerprint density at radius 1 is 1.47 bits per heavy atom. The summed E-state index contributed by atoms with van der Waals surface area (Å²) in [5.74, 6) is -1.93. The second-order valence-electron chi connectivity index (χ2n) is 2.67. The Hall–Kier alpha value is -1.23. The quantitative estimate of drug-likeness (QED) is 0.756. The summed E-state index contributed by atoms with van der Waals surface area (Å²) in [7, 11) is 0. The molecule has 15 heavy (non-hydrogen) atoms. The van der Waals surface area contributed by atoms with E-state index in [1.165, 1.54) is 0 Å². The molecule has 0 atom stereocenters. The molecule has 1 aromatic carbocycles. The van der Waals surface area contributed by atoms with E-state index in [0.717, 1.165) is 19.1 Å². The third kappa shape index (κ3) is 2.62. The van der Waals surface area contributed by atoms with E-state index in [1.54, 1.807) is 0 Å². The van der Waals surface area contributed by atoms with Crippen molar-refractivity contribution in [3.05, 3.63) is 28.5 Å². The van der Waals surface area contributed by atoms with Crippen LogP contribution in [0, 0.1) is 5.82 Å². The maximum absolute atomic E-state index is 12.9. The standard InChI is InChI=1S/C9H6ClF3O2/c1-4(14)7-6(15-9(12)13)3-2-5(11)8(7)10/h2-3,9H,1H3. The molecule has 0 saturated carbocycles. The van der Waals surface area contributed by atoms with Crippen molar-refractivity contribution in [1.82, 2.24) is 0 Å². The van der Waals surface area contributed by atoms with Crippen molar-refractivity contribution in [3.8, 4) is 5.75 Å². The molecule has 2 nitrogen and oxygen atoms in total. The molecule has 0 aromatic heterocycles. The van der Waals surface area contributed by atoms with Gasteiger partial charge >= 0.3 is 6.61 Å². The molecule has 0 bridgehead atoms. The first-order chi connectivity index (χ1) is 6.93. The first-order valence-corrected chi connectivity index (χ1v) is 4.25. The molecular formula is C9H6ClF3O2. The number of ketones is 1. The van der Waals surface area contributed by atoms with Crippen LogP contribution in [0.15, 0.2) is 12.1 Å². The molecule has 0 saturated heterocycles. The summed E-state index contributed by atoms with van der Waals surface area (Å²) in [6.45, 7) is -2.01. The fourth-order valence-electron chi connectivity index (χ4n) is 1.06. The van der Waals surface area contributed by atoms with Gasteiger partial charge in [0.25, 0.3) is 0 Å². The lowest BCUT2D eigenvalue weighted by Gasteiger charge is -2.10. The van der Waals surface area contributed by atoms with E-state index >= 15 is 0 Å². The van der Waals surface area contributed by atoms with Gasteiger partial charge in [0.15, 0.2) is 5.78 Å². The zero-order valence-corrected chi connectivity index (χ0v) is 8.32. The Labute approximate surface area is 88.6 Å². The van der Waals surface area contributed by atoms with E-state index < -0.39 is 29.0 Å². The molecule has 0 spiro atoms. The molecule has 6 heteroatoms. The van der Waals surface area contributed by atoms with Crippen molar-refractivity contribution in [1.29, 1.82) is 0 Å². The molecule has 0 amide bonds. The van der Waals surface area contributed by atoms with Gasteiger partial charge in [-0.3, -0.25) is 4.79 Å². The first kappa shape index (κ1) is 11.8. The predicted molar refractivity (Wildman–Crippen MR) is 48.0 cm³/mol. The van der Waals surface area contributed by atoms with Gasteiger partial charge in [-0.05, 0) is 19.1 Å². The van der Waals surface area contributed by atoms with Crippen LogP contribution >= 0.6 is 11.6 Å². The molecule has 0 radical (unpaired) electrons. The second-order valence-corrected chi connectivity index (χ2v) is 3.05. The van der Waals surface area contributed by atoms with E-state index in [4.69, 9.17) is 11.6 Å². The molecule has 0 fully saturated rings. The van der Waals surface area contributed by atoms with Crippen LogP contribution in [-0.2, 0) is 0 Å². The zero-order chi connectivity index (χ0) is 11.6. The third-order valence-corrected chi connectivity index (χ3v) is 1.99. The average molecular weight is 239 g/mol. The van der Waals surface area contributed by atoms with Gasteiger partial charge in [0.05, 0.1) is 10.6 Å². The van der Waals surface area contributed by atoms with Gasteiger partial charge in [-0.1, -0.05) is 11.6 Å². The summed E-state index contributed by atoms with van der Waals surface area (Å²) in [4.78, 5) is 11.0. The van der Waals surface area contributed by atoms with Crippen LogP contribution in [0.5, 0.6) is 5.75 Å². The summed E-state index contributed by atoms with van der Waals surface area (Å²) in [6, 6.07) is 1.79. The van der Waals surface area contributed by atoms with Crippen molar-refractivity contribution in [2.75, 3.05) is 0 Å². The molecular weight excluding hydrogens is 233 g/mol. The Balaban J connectivity index is 3.27. The van der Waals surface area contributed by atoms with Crippen LogP contribution in [0.1, 0.15) is 17.3 Å². The van der Waals surface area contributed by atoms with Crippen LogP contribution in [-0.4, -0.2) is 12.4 Å². The molecule has 0 N–H and O–H groups in total.